The molecule has 1 saturated heterocycles. The van der Waals surface area contributed by atoms with Crippen molar-refractivity contribution in [3.8, 4) is 27.5 Å². The molecule has 1 fully saturated rings. The smallest absolute Gasteiger partial charge is 0.257 e. The van der Waals surface area contributed by atoms with E-state index < -0.39 is 26.9 Å². The quantitative estimate of drug-likeness (QED) is 0.245. The molecule has 2 amide bonds. The van der Waals surface area contributed by atoms with Gasteiger partial charge < -0.3 is 14.1 Å². The normalized spacial score (nSPS) is 18.6. The second-order valence-corrected chi connectivity index (χ2v) is 12.9. The predicted octanol–water partition coefficient (Wildman–Crippen LogP) is 4.13. The molecule has 2 aromatic heterocycles. The predicted molar refractivity (Wildman–Crippen MR) is 149 cm³/mol. The van der Waals surface area contributed by atoms with Gasteiger partial charge in [-0.3, -0.25) is 14.8 Å². The van der Waals surface area contributed by atoms with Crippen LogP contribution in [-0.4, -0.2) is 61.3 Å². The summed E-state index contributed by atoms with van der Waals surface area (Å²) < 4.78 is 36.8. The molecular weight excluding hydrogens is 554 g/mol. The zero-order valence-electron chi connectivity index (χ0n) is 21.6. The topological polar surface area (TPSA) is 139 Å². The number of sulfone groups is 1. The number of ether oxygens (including phenoxy) is 1. The van der Waals surface area contributed by atoms with Crippen LogP contribution in [0.15, 0.2) is 77.7 Å². The number of hydroxylamine groups is 1. The number of amides is 2. The molecule has 1 aliphatic heterocycles. The number of aromatic nitrogens is 1. The van der Waals surface area contributed by atoms with Gasteiger partial charge in [-0.15, -0.1) is 11.3 Å². The van der Waals surface area contributed by atoms with Gasteiger partial charge in [-0.2, -0.15) is 0 Å². The number of nitrogens with one attached hydrogen (secondary N) is 1. The lowest BCUT2D eigenvalue weighted by Crippen LogP contribution is -2.41. The van der Waals surface area contributed by atoms with Gasteiger partial charge in [-0.1, -0.05) is 36.4 Å². The van der Waals surface area contributed by atoms with Crippen LogP contribution in [0, 0.1) is 0 Å². The molecule has 0 bridgehead atoms. The summed E-state index contributed by atoms with van der Waals surface area (Å²) in [6.45, 7) is 0.0526. The van der Waals surface area contributed by atoms with Crippen molar-refractivity contribution in [1.82, 2.24) is 15.4 Å². The molecule has 1 unspecified atom stereocenters. The maximum atomic E-state index is 13.9. The van der Waals surface area contributed by atoms with E-state index >= 15 is 0 Å². The summed E-state index contributed by atoms with van der Waals surface area (Å²) in [4.78, 5) is 32.6. The highest BCUT2D eigenvalue weighted by Crippen LogP contribution is 2.45. The van der Waals surface area contributed by atoms with Crippen molar-refractivity contribution >= 4 is 33.0 Å². The number of thiophene rings is 1. The fraction of sp³-hybridized carbons (Fsp3) is 0.250. The molecule has 2 aromatic carbocycles. The maximum Gasteiger partial charge on any atom is 0.257 e. The first-order chi connectivity index (χ1) is 19.3. The third-order valence-electron chi connectivity index (χ3n) is 7.15. The Balaban J connectivity index is 1.48. The number of carbonyl (C=O) groups is 2. The zero-order chi connectivity index (χ0) is 28.3. The summed E-state index contributed by atoms with van der Waals surface area (Å²) in [6, 6.07) is 17.9. The molecule has 0 radical (unpaired) electrons. The molecule has 208 valence electrons. The number of carbonyl (C=O) groups excluding carboxylic acids is 2. The van der Waals surface area contributed by atoms with Gasteiger partial charge in [0.15, 0.2) is 22.0 Å². The van der Waals surface area contributed by atoms with E-state index in [1.54, 1.807) is 42.0 Å². The van der Waals surface area contributed by atoms with E-state index in [0.717, 1.165) is 16.0 Å². The first-order valence-corrected chi connectivity index (χ1v) is 14.9. The number of benzene rings is 2. The van der Waals surface area contributed by atoms with Crippen LogP contribution in [0.4, 0.5) is 0 Å². The monoisotopic (exact) mass is 581 g/mol. The average Bonchev–Trinajstić information content (AvgIpc) is 3.67. The van der Waals surface area contributed by atoms with Crippen LogP contribution >= 0.6 is 11.3 Å². The first-order valence-electron chi connectivity index (χ1n) is 12.4. The van der Waals surface area contributed by atoms with Crippen LogP contribution in [0.3, 0.4) is 0 Å². The Bertz CT molecular complexity index is 1620. The maximum absolute atomic E-state index is 13.9. The van der Waals surface area contributed by atoms with Crippen molar-refractivity contribution in [3.05, 3.63) is 83.7 Å². The highest BCUT2D eigenvalue weighted by molar-refractivity contribution is 7.92. The van der Waals surface area contributed by atoms with Crippen LogP contribution in [-0.2, 0) is 19.4 Å². The van der Waals surface area contributed by atoms with Crippen LogP contribution in [0.25, 0.3) is 21.8 Å². The van der Waals surface area contributed by atoms with E-state index in [2.05, 4.69) is 4.98 Å². The lowest BCUT2D eigenvalue weighted by molar-refractivity contribution is -0.129. The van der Waals surface area contributed by atoms with E-state index in [1.807, 2.05) is 30.3 Å². The molecule has 2 N–H and O–H groups in total. The Kier molecular flexibility index (Phi) is 7.74. The van der Waals surface area contributed by atoms with Crippen LogP contribution < -0.4 is 10.2 Å². The number of oxazole rings is 1. The van der Waals surface area contributed by atoms with Crippen LogP contribution in [0.1, 0.15) is 28.1 Å². The highest BCUT2D eigenvalue weighted by atomic mass is 32.2. The molecule has 5 rings (SSSR count). The van der Waals surface area contributed by atoms with Crippen LogP contribution in [0.2, 0.25) is 0 Å². The van der Waals surface area contributed by atoms with Crippen molar-refractivity contribution in [2.45, 2.75) is 17.6 Å². The molecule has 0 spiro atoms. The van der Waals surface area contributed by atoms with Gasteiger partial charge in [0.2, 0.25) is 5.91 Å². The van der Waals surface area contributed by atoms with E-state index in [-0.39, 0.29) is 31.2 Å². The molecule has 10 nitrogen and oxygen atoms in total. The van der Waals surface area contributed by atoms with Crippen molar-refractivity contribution < 1.29 is 32.4 Å². The van der Waals surface area contributed by atoms with E-state index in [4.69, 9.17) is 9.15 Å². The summed E-state index contributed by atoms with van der Waals surface area (Å²) in [5.41, 5.74) is 3.63. The third-order valence-corrected chi connectivity index (χ3v) is 11.1. The van der Waals surface area contributed by atoms with E-state index in [1.165, 1.54) is 29.7 Å². The van der Waals surface area contributed by atoms with Crippen molar-refractivity contribution in [1.29, 1.82) is 0 Å². The van der Waals surface area contributed by atoms with Gasteiger partial charge in [0.25, 0.3) is 5.91 Å². The van der Waals surface area contributed by atoms with E-state index in [0.29, 0.717) is 22.0 Å². The standard InChI is InChI=1S/C28H27N3O7S2/c1-37-22-5-3-2-4-21(22)27(33)31-13-12-28(16-26(32)30-34,40(35,36)15-14-31)25-11-10-24(39-25)20-8-6-19(7-9-20)23-17-29-18-38-23/h2-11,17-18,34H,12-16H2,1H3,(H,30,32). The molecule has 0 saturated carbocycles. The fourth-order valence-corrected chi connectivity index (χ4v) is 8.57. The number of rotatable bonds is 7. The molecule has 12 heteroatoms. The van der Waals surface area contributed by atoms with E-state index in [9.17, 15) is 23.2 Å². The Morgan fingerprint density at radius 3 is 2.55 bits per heavy atom. The summed E-state index contributed by atoms with van der Waals surface area (Å²) in [7, 11) is -2.49. The molecule has 3 heterocycles. The molecule has 40 heavy (non-hydrogen) atoms. The molecule has 0 aliphatic carbocycles. The summed E-state index contributed by atoms with van der Waals surface area (Å²) in [6.07, 6.45) is 2.48. The second-order valence-electron chi connectivity index (χ2n) is 9.37. The number of hydrogen-bond acceptors (Lipinski definition) is 9. The number of hydrogen-bond donors (Lipinski definition) is 2. The Morgan fingerprint density at radius 1 is 1.10 bits per heavy atom. The number of para-hydroxylation sites is 1. The molecule has 1 aliphatic rings. The number of nitrogens with zero attached hydrogens (tertiary/aromatic N) is 2. The van der Waals surface area contributed by atoms with Gasteiger partial charge in [-0.05, 0) is 36.2 Å². The molecule has 4 aromatic rings. The fourth-order valence-electron chi connectivity index (χ4n) is 4.96. The van der Waals surface area contributed by atoms with Gasteiger partial charge in [-0.25, -0.2) is 18.9 Å². The Morgan fingerprint density at radius 2 is 1.85 bits per heavy atom. The largest absolute Gasteiger partial charge is 0.496 e. The van der Waals surface area contributed by atoms with Gasteiger partial charge in [0, 0.05) is 28.4 Å². The van der Waals surface area contributed by atoms with Crippen molar-refractivity contribution in [2.75, 3.05) is 26.0 Å². The van der Waals surface area contributed by atoms with Crippen molar-refractivity contribution in [2.24, 2.45) is 0 Å². The molecular formula is C28H27N3O7S2. The summed E-state index contributed by atoms with van der Waals surface area (Å²) in [5, 5.41) is 9.32. The Labute approximate surface area is 235 Å². The lowest BCUT2D eigenvalue weighted by Gasteiger charge is -2.30. The molecule has 1 atom stereocenters. The average molecular weight is 582 g/mol. The lowest BCUT2D eigenvalue weighted by atomic mass is 9.97. The highest BCUT2D eigenvalue weighted by Gasteiger charge is 2.50. The SMILES string of the molecule is COc1ccccc1C(=O)N1CCC(CC(=O)NO)(c2ccc(-c3ccc(-c4cnco4)cc3)s2)S(=O)(=O)CC1. The summed E-state index contributed by atoms with van der Waals surface area (Å²) in [5.74, 6) is -0.494. The number of methoxy groups -OCH3 is 1. The zero-order valence-corrected chi connectivity index (χ0v) is 23.2. The minimum absolute atomic E-state index is 0.0198. The minimum atomic E-state index is -3.96. The van der Waals surface area contributed by atoms with Gasteiger partial charge in [0.05, 0.1) is 31.0 Å². The second kappa shape index (κ2) is 11.2. The van der Waals surface area contributed by atoms with Crippen molar-refractivity contribution in [3.63, 3.8) is 0 Å². The van der Waals surface area contributed by atoms with Gasteiger partial charge >= 0.3 is 0 Å². The Hall–Kier alpha value is -4.00. The summed E-state index contributed by atoms with van der Waals surface area (Å²) >= 11 is 1.27. The first kappa shape index (κ1) is 27.6. The van der Waals surface area contributed by atoms with Crippen LogP contribution in [0.5, 0.6) is 5.75 Å². The van der Waals surface area contributed by atoms with Gasteiger partial charge in [0.1, 0.15) is 10.5 Å². The minimum Gasteiger partial charge on any atom is -0.496 e. The third kappa shape index (κ3) is 5.12.